The number of hydrogen-bond donors (Lipinski definition) is 0. The molecule has 13 nitrogen and oxygen atoms in total. The van der Waals surface area contributed by atoms with Crippen molar-refractivity contribution < 1.29 is 61.7 Å². The quantitative estimate of drug-likeness (QED) is 0.0788. The van der Waals surface area contributed by atoms with Crippen molar-refractivity contribution in [2.75, 3.05) is 133 Å². The molecule has 0 heterocycles. The van der Waals surface area contributed by atoms with Gasteiger partial charge >= 0.3 is 11.9 Å². The molecule has 0 saturated heterocycles. The number of carbonyl (C=O) groups excluding carboxylic acids is 2. The van der Waals surface area contributed by atoms with Gasteiger partial charge in [-0.2, -0.15) is 0 Å². The van der Waals surface area contributed by atoms with E-state index in [1.54, 1.807) is 0 Å². The number of hydrogen-bond acceptors (Lipinski definition) is 13. The van der Waals surface area contributed by atoms with Crippen LogP contribution in [0.3, 0.4) is 0 Å². The second kappa shape index (κ2) is 34.8. The van der Waals surface area contributed by atoms with E-state index in [0.717, 1.165) is 19.3 Å². The smallest absolute Gasteiger partial charge is 0.307 e. The van der Waals surface area contributed by atoms with Gasteiger partial charge in [0.25, 0.3) is 0 Å². The Kier molecular flexibility index (Phi) is 33.6. The first-order valence-electron chi connectivity index (χ1n) is 14.6. The lowest BCUT2D eigenvalue weighted by molar-refractivity contribution is -0.145. The molecular weight excluding hydrogens is 544 g/mol. The summed E-state index contributed by atoms with van der Waals surface area (Å²) >= 11 is 0. The first-order chi connectivity index (χ1) is 20.2. The fraction of sp³-hybridized carbons (Fsp3) is 0.929. The molecule has 0 N–H and O–H groups in total. The van der Waals surface area contributed by atoms with Gasteiger partial charge in [0, 0.05) is 6.42 Å². The minimum absolute atomic E-state index is 0.162. The maximum atomic E-state index is 11.4. The Morgan fingerprint density at radius 3 is 1.02 bits per heavy atom. The molecule has 0 aliphatic heterocycles. The minimum atomic E-state index is -0.287. The molecule has 0 saturated carbocycles. The van der Waals surface area contributed by atoms with Gasteiger partial charge in [0.2, 0.25) is 0 Å². The molecule has 0 unspecified atom stereocenters. The first kappa shape index (κ1) is 39.6. The van der Waals surface area contributed by atoms with Crippen molar-refractivity contribution in [3.63, 3.8) is 0 Å². The lowest BCUT2D eigenvalue weighted by Crippen LogP contribution is -2.15. The van der Waals surface area contributed by atoms with E-state index in [4.69, 9.17) is 47.4 Å². The van der Waals surface area contributed by atoms with E-state index >= 15 is 0 Å². The summed E-state index contributed by atoms with van der Waals surface area (Å²) in [5.74, 6) is -0.450. The summed E-state index contributed by atoms with van der Waals surface area (Å²) in [5.41, 5.74) is 0. The predicted octanol–water partition coefficient (Wildman–Crippen LogP) is 1.82. The number of rotatable bonds is 34. The van der Waals surface area contributed by atoms with Gasteiger partial charge in [-0.1, -0.05) is 19.8 Å². The Labute approximate surface area is 245 Å². The van der Waals surface area contributed by atoms with Gasteiger partial charge in [0.15, 0.2) is 0 Å². The van der Waals surface area contributed by atoms with E-state index in [0.29, 0.717) is 125 Å². The van der Waals surface area contributed by atoms with Gasteiger partial charge in [-0.25, -0.2) is 0 Å². The molecule has 0 radical (unpaired) electrons. The highest BCUT2D eigenvalue weighted by Crippen LogP contribution is 2.00. The molecule has 244 valence electrons. The van der Waals surface area contributed by atoms with Crippen molar-refractivity contribution in [3.8, 4) is 0 Å². The summed E-state index contributed by atoms with van der Waals surface area (Å²) in [6, 6.07) is 0. The molecule has 0 spiro atoms. The third kappa shape index (κ3) is 34.7. The standard InChI is InChI=1S/C28H54O13/c1-3-4-5-6-28(30)41-26-25-40-24-23-39-22-21-38-20-19-37-18-17-36-16-15-35-14-13-34-12-11-33-10-9-32-8-7-27(29)31-2/h3-26H2,1-2H3. The van der Waals surface area contributed by atoms with E-state index in [2.05, 4.69) is 11.7 Å². The molecule has 0 rings (SSSR count). The van der Waals surface area contributed by atoms with Crippen LogP contribution in [0.25, 0.3) is 0 Å². The summed E-state index contributed by atoms with van der Waals surface area (Å²) in [5, 5.41) is 0. The highest BCUT2D eigenvalue weighted by molar-refractivity contribution is 5.69. The lowest BCUT2D eigenvalue weighted by atomic mass is 10.2. The van der Waals surface area contributed by atoms with Crippen LogP contribution in [0.1, 0.15) is 39.0 Å². The fourth-order valence-corrected chi connectivity index (χ4v) is 2.92. The minimum Gasteiger partial charge on any atom is -0.469 e. The van der Waals surface area contributed by atoms with Crippen LogP contribution in [0, 0.1) is 0 Å². The summed E-state index contributed by atoms with van der Waals surface area (Å²) in [6.45, 7) is 10.7. The third-order valence-electron chi connectivity index (χ3n) is 5.13. The largest absolute Gasteiger partial charge is 0.469 e. The molecule has 0 atom stereocenters. The molecular formula is C28H54O13. The molecule has 0 aliphatic rings. The van der Waals surface area contributed by atoms with Crippen LogP contribution in [-0.4, -0.2) is 145 Å². The summed E-state index contributed by atoms with van der Waals surface area (Å²) < 4.78 is 58.2. The number of esters is 2. The first-order valence-corrected chi connectivity index (χ1v) is 14.6. The van der Waals surface area contributed by atoms with E-state index in [1.807, 2.05) is 0 Å². The second-order valence-electron chi connectivity index (χ2n) is 8.52. The van der Waals surface area contributed by atoms with Crippen LogP contribution in [0.2, 0.25) is 0 Å². The third-order valence-corrected chi connectivity index (χ3v) is 5.13. The SMILES string of the molecule is CCCCCC(=O)OCCOCCOCCOCCOCCOCCOCCOCCOCCOCCC(=O)OC. The Balaban J connectivity index is 3.08. The lowest BCUT2D eigenvalue weighted by Gasteiger charge is -2.09. The number of methoxy groups -OCH3 is 1. The van der Waals surface area contributed by atoms with Crippen LogP contribution in [-0.2, 0) is 61.7 Å². The van der Waals surface area contributed by atoms with E-state index in [1.165, 1.54) is 7.11 Å². The molecule has 0 aliphatic carbocycles. The molecule has 0 fully saturated rings. The van der Waals surface area contributed by atoms with Gasteiger partial charge < -0.3 is 52.1 Å². The van der Waals surface area contributed by atoms with Crippen molar-refractivity contribution in [3.05, 3.63) is 0 Å². The highest BCUT2D eigenvalue weighted by Gasteiger charge is 2.02. The van der Waals surface area contributed by atoms with Crippen molar-refractivity contribution in [1.82, 2.24) is 0 Å². The van der Waals surface area contributed by atoms with Crippen LogP contribution in [0.15, 0.2) is 0 Å². The molecule has 0 aromatic carbocycles. The highest BCUT2D eigenvalue weighted by atomic mass is 16.6. The summed E-state index contributed by atoms with van der Waals surface area (Å²) in [6.07, 6.45) is 3.73. The topological polar surface area (TPSA) is 136 Å². The van der Waals surface area contributed by atoms with Gasteiger partial charge in [0.05, 0.1) is 132 Å². The average Bonchev–Trinajstić information content (AvgIpc) is 2.98. The summed E-state index contributed by atoms with van der Waals surface area (Å²) in [4.78, 5) is 22.3. The molecule has 13 heteroatoms. The van der Waals surface area contributed by atoms with Crippen LogP contribution in [0.5, 0.6) is 0 Å². The maximum absolute atomic E-state index is 11.4. The molecule has 0 amide bonds. The zero-order valence-corrected chi connectivity index (χ0v) is 25.3. The van der Waals surface area contributed by atoms with Crippen molar-refractivity contribution in [2.45, 2.75) is 39.0 Å². The summed E-state index contributed by atoms with van der Waals surface area (Å²) in [7, 11) is 1.35. The van der Waals surface area contributed by atoms with E-state index in [-0.39, 0.29) is 25.0 Å². The zero-order valence-electron chi connectivity index (χ0n) is 25.3. The number of unbranched alkanes of at least 4 members (excludes halogenated alkanes) is 2. The van der Waals surface area contributed by atoms with Crippen molar-refractivity contribution in [1.29, 1.82) is 0 Å². The molecule has 0 bridgehead atoms. The van der Waals surface area contributed by atoms with Crippen LogP contribution >= 0.6 is 0 Å². The monoisotopic (exact) mass is 598 g/mol. The molecule has 0 aromatic heterocycles. The molecule has 0 aromatic rings. The van der Waals surface area contributed by atoms with Gasteiger partial charge in [-0.05, 0) is 6.42 Å². The zero-order chi connectivity index (χ0) is 29.9. The number of carbonyl (C=O) groups is 2. The van der Waals surface area contributed by atoms with E-state index < -0.39 is 0 Å². The van der Waals surface area contributed by atoms with Gasteiger partial charge in [0.1, 0.15) is 6.61 Å². The van der Waals surface area contributed by atoms with E-state index in [9.17, 15) is 9.59 Å². The predicted molar refractivity (Wildman–Crippen MR) is 149 cm³/mol. The average molecular weight is 599 g/mol. The maximum Gasteiger partial charge on any atom is 0.307 e. The Bertz CT molecular complexity index is 551. The van der Waals surface area contributed by atoms with Crippen LogP contribution in [0.4, 0.5) is 0 Å². The van der Waals surface area contributed by atoms with Gasteiger partial charge in [-0.15, -0.1) is 0 Å². The van der Waals surface area contributed by atoms with Crippen molar-refractivity contribution in [2.24, 2.45) is 0 Å². The normalized spacial score (nSPS) is 11.2. The Morgan fingerprint density at radius 1 is 0.390 bits per heavy atom. The second-order valence-corrected chi connectivity index (χ2v) is 8.52. The fourth-order valence-electron chi connectivity index (χ4n) is 2.92. The van der Waals surface area contributed by atoms with Crippen molar-refractivity contribution >= 4 is 11.9 Å². The molecule has 41 heavy (non-hydrogen) atoms. The number of ether oxygens (including phenoxy) is 11. The van der Waals surface area contributed by atoms with Gasteiger partial charge in [-0.3, -0.25) is 9.59 Å². The van der Waals surface area contributed by atoms with Crippen LogP contribution < -0.4 is 0 Å². The Hall–Kier alpha value is -1.42. The Morgan fingerprint density at radius 2 is 0.707 bits per heavy atom.